The average Bonchev–Trinajstić information content (AvgIpc) is 3.06. The van der Waals surface area contributed by atoms with Crippen molar-refractivity contribution >= 4 is 29.1 Å². The van der Waals surface area contributed by atoms with E-state index in [1.807, 2.05) is 63.2 Å². The molecule has 2 aromatic rings. The van der Waals surface area contributed by atoms with Gasteiger partial charge in [0.25, 0.3) is 0 Å². The fraction of sp³-hybridized carbons (Fsp3) is 0.348. The highest BCUT2D eigenvalue weighted by molar-refractivity contribution is 6.01. The molecule has 2 aromatic carbocycles. The lowest BCUT2D eigenvalue weighted by molar-refractivity contribution is -0.137. The first-order valence-electron chi connectivity index (χ1n) is 9.74. The van der Waals surface area contributed by atoms with Crippen LogP contribution < -0.4 is 10.2 Å². The summed E-state index contributed by atoms with van der Waals surface area (Å²) in [7, 11) is 1.60. The Morgan fingerprint density at radius 3 is 2.31 bits per heavy atom. The highest BCUT2D eigenvalue weighted by Crippen LogP contribution is 2.26. The van der Waals surface area contributed by atoms with Crippen molar-refractivity contribution in [1.29, 1.82) is 0 Å². The maximum atomic E-state index is 12.8. The zero-order chi connectivity index (χ0) is 21.1. The summed E-state index contributed by atoms with van der Waals surface area (Å²) in [6.45, 7) is 6.13. The molecule has 6 heteroatoms. The van der Waals surface area contributed by atoms with Crippen LogP contribution >= 0.6 is 0 Å². The van der Waals surface area contributed by atoms with Gasteiger partial charge in [-0.1, -0.05) is 35.9 Å². The van der Waals surface area contributed by atoms with Gasteiger partial charge in [-0.05, 0) is 44.0 Å². The Balaban J connectivity index is 1.60. The molecule has 0 aliphatic carbocycles. The lowest BCUT2D eigenvalue weighted by Gasteiger charge is -2.21. The summed E-state index contributed by atoms with van der Waals surface area (Å²) in [5.41, 5.74) is 4.64. The molecule has 1 fully saturated rings. The summed E-state index contributed by atoms with van der Waals surface area (Å²) in [4.78, 5) is 40.7. The largest absolute Gasteiger partial charge is 0.336 e. The minimum Gasteiger partial charge on any atom is -0.336 e. The number of rotatable bonds is 5. The van der Waals surface area contributed by atoms with Crippen LogP contribution in [-0.2, 0) is 14.4 Å². The van der Waals surface area contributed by atoms with Gasteiger partial charge in [0.05, 0.1) is 12.5 Å². The number of carbonyl (C=O) groups is 3. The number of benzene rings is 2. The minimum absolute atomic E-state index is 0.0537. The number of amides is 3. The normalized spacial score (nSPS) is 16.1. The highest BCUT2D eigenvalue weighted by Gasteiger charge is 2.36. The van der Waals surface area contributed by atoms with E-state index < -0.39 is 5.92 Å². The first-order chi connectivity index (χ1) is 13.8. The van der Waals surface area contributed by atoms with E-state index in [0.29, 0.717) is 6.54 Å². The number of carbonyl (C=O) groups excluding carboxylic acids is 3. The van der Waals surface area contributed by atoms with Gasteiger partial charge >= 0.3 is 0 Å². The van der Waals surface area contributed by atoms with Crippen molar-refractivity contribution in [3.05, 3.63) is 59.2 Å². The van der Waals surface area contributed by atoms with Gasteiger partial charge in [-0.2, -0.15) is 0 Å². The number of para-hydroxylation sites is 1. The quantitative estimate of drug-likeness (QED) is 0.849. The van der Waals surface area contributed by atoms with Crippen molar-refractivity contribution in [2.45, 2.75) is 27.2 Å². The molecular weight excluding hydrogens is 366 g/mol. The van der Waals surface area contributed by atoms with E-state index in [9.17, 15) is 14.4 Å². The van der Waals surface area contributed by atoms with Gasteiger partial charge in [0.1, 0.15) is 0 Å². The van der Waals surface area contributed by atoms with E-state index in [1.165, 1.54) is 4.90 Å². The molecule has 1 aliphatic heterocycles. The molecule has 152 valence electrons. The van der Waals surface area contributed by atoms with Crippen LogP contribution in [0.3, 0.4) is 0 Å². The van der Waals surface area contributed by atoms with Crippen LogP contribution in [0.1, 0.15) is 23.1 Å². The fourth-order valence-electron chi connectivity index (χ4n) is 3.64. The number of nitrogens with zero attached hydrogens (tertiary/aromatic N) is 2. The Labute approximate surface area is 171 Å². The van der Waals surface area contributed by atoms with Crippen molar-refractivity contribution in [2.24, 2.45) is 5.92 Å². The zero-order valence-electron chi connectivity index (χ0n) is 17.4. The van der Waals surface area contributed by atoms with E-state index >= 15 is 0 Å². The van der Waals surface area contributed by atoms with Crippen LogP contribution in [-0.4, -0.2) is 42.8 Å². The van der Waals surface area contributed by atoms with Gasteiger partial charge in [-0.15, -0.1) is 0 Å². The molecule has 0 unspecified atom stereocenters. The lowest BCUT2D eigenvalue weighted by Crippen LogP contribution is -2.39. The van der Waals surface area contributed by atoms with Crippen LogP contribution in [0.2, 0.25) is 0 Å². The summed E-state index contributed by atoms with van der Waals surface area (Å²) in [5.74, 6) is -0.954. The molecule has 1 saturated heterocycles. The second kappa shape index (κ2) is 8.47. The molecular formula is C23H27N3O3. The standard InChI is InChI=1S/C23H27N3O3/c1-15-8-10-19(11-9-15)26-13-18(12-21(26)28)23(29)25(4)14-20(27)24-22-16(2)6-5-7-17(22)3/h5-11,18H,12-14H2,1-4H3,(H,24,27)/t18-/m0/s1. The fourth-order valence-corrected chi connectivity index (χ4v) is 3.64. The smallest absolute Gasteiger partial charge is 0.243 e. The number of likely N-dealkylation sites (N-methyl/N-ethyl adjacent to an activating group) is 1. The first-order valence-corrected chi connectivity index (χ1v) is 9.74. The highest BCUT2D eigenvalue weighted by atomic mass is 16.2. The van der Waals surface area contributed by atoms with Gasteiger partial charge in [0.15, 0.2) is 0 Å². The second-order valence-electron chi connectivity index (χ2n) is 7.75. The predicted molar refractivity (Wildman–Crippen MR) is 114 cm³/mol. The maximum Gasteiger partial charge on any atom is 0.243 e. The monoisotopic (exact) mass is 393 g/mol. The van der Waals surface area contributed by atoms with E-state index in [4.69, 9.17) is 0 Å². The summed E-state index contributed by atoms with van der Waals surface area (Å²) in [6, 6.07) is 13.5. The van der Waals surface area contributed by atoms with Crippen molar-refractivity contribution < 1.29 is 14.4 Å². The first kappa shape index (κ1) is 20.6. The number of nitrogens with one attached hydrogen (secondary N) is 1. The van der Waals surface area contributed by atoms with Gasteiger partial charge in [0.2, 0.25) is 17.7 Å². The zero-order valence-corrected chi connectivity index (χ0v) is 17.4. The third-order valence-electron chi connectivity index (χ3n) is 5.32. The SMILES string of the molecule is Cc1ccc(N2C[C@@H](C(=O)N(C)CC(=O)Nc3c(C)cccc3C)CC2=O)cc1. The average molecular weight is 393 g/mol. The van der Waals surface area contributed by atoms with E-state index in [-0.39, 0.29) is 30.7 Å². The van der Waals surface area contributed by atoms with E-state index in [0.717, 1.165) is 28.1 Å². The molecule has 0 aromatic heterocycles. The minimum atomic E-state index is -0.443. The summed E-state index contributed by atoms with van der Waals surface area (Å²) in [6.07, 6.45) is 0.162. The van der Waals surface area contributed by atoms with Gasteiger partial charge in [-0.25, -0.2) is 0 Å². The molecule has 1 N–H and O–H groups in total. The molecule has 1 aliphatic rings. The van der Waals surface area contributed by atoms with E-state index in [1.54, 1.807) is 11.9 Å². The summed E-state index contributed by atoms with van der Waals surface area (Å²) >= 11 is 0. The molecule has 0 bridgehead atoms. The number of hydrogen-bond acceptors (Lipinski definition) is 3. The molecule has 3 rings (SSSR count). The number of anilines is 2. The van der Waals surface area contributed by atoms with Crippen LogP contribution in [0.15, 0.2) is 42.5 Å². The third-order valence-corrected chi connectivity index (χ3v) is 5.32. The molecule has 1 atom stereocenters. The third kappa shape index (κ3) is 4.65. The number of hydrogen-bond donors (Lipinski definition) is 1. The van der Waals surface area contributed by atoms with Crippen molar-refractivity contribution in [2.75, 3.05) is 30.4 Å². The summed E-state index contributed by atoms with van der Waals surface area (Å²) < 4.78 is 0. The molecule has 0 radical (unpaired) electrons. The van der Waals surface area contributed by atoms with E-state index in [2.05, 4.69) is 5.32 Å². The van der Waals surface area contributed by atoms with Crippen molar-refractivity contribution in [3.8, 4) is 0 Å². The van der Waals surface area contributed by atoms with Crippen LogP contribution in [0, 0.1) is 26.7 Å². The Morgan fingerprint density at radius 2 is 1.69 bits per heavy atom. The molecule has 29 heavy (non-hydrogen) atoms. The Morgan fingerprint density at radius 1 is 1.07 bits per heavy atom. The molecule has 3 amide bonds. The Hall–Kier alpha value is -3.15. The van der Waals surface area contributed by atoms with Gasteiger partial charge < -0.3 is 15.1 Å². The van der Waals surface area contributed by atoms with Gasteiger partial charge in [-0.3, -0.25) is 14.4 Å². The molecule has 6 nitrogen and oxygen atoms in total. The predicted octanol–water partition coefficient (Wildman–Crippen LogP) is 3.06. The topological polar surface area (TPSA) is 69.7 Å². The van der Waals surface area contributed by atoms with Crippen molar-refractivity contribution in [1.82, 2.24) is 4.90 Å². The molecule has 0 saturated carbocycles. The Kier molecular flexibility index (Phi) is 6.01. The summed E-state index contributed by atoms with van der Waals surface area (Å²) in [5, 5.41) is 2.89. The Bertz CT molecular complexity index is 917. The van der Waals surface area contributed by atoms with Crippen LogP contribution in [0.4, 0.5) is 11.4 Å². The van der Waals surface area contributed by atoms with Crippen LogP contribution in [0.25, 0.3) is 0 Å². The second-order valence-corrected chi connectivity index (χ2v) is 7.75. The van der Waals surface area contributed by atoms with Crippen LogP contribution in [0.5, 0.6) is 0 Å². The molecule has 0 spiro atoms. The van der Waals surface area contributed by atoms with Crippen molar-refractivity contribution in [3.63, 3.8) is 0 Å². The number of aryl methyl sites for hydroxylation is 3. The van der Waals surface area contributed by atoms with Gasteiger partial charge in [0, 0.05) is 31.4 Å². The lowest BCUT2D eigenvalue weighted by atomic mass is 10.1. The maximum absolute atomic E-state index is 12.8. The molecule has 1 heterocycles.